The van der Waals surface area contributed by atoms with Crippen molar-refractivity contribution in [3.63, 3.8) is 0 Å². The Morgan fingerprint density at radius 1 is 1.38 bits per heavy atom. The number of carbonyl (C=O) groups excluding carboxylic acids is 1. The molecule has 0 aliphatic heterocycles. The first-order valence-electron chi connectivity index (χ1n) is 6.23. The van der Waals surface area contributed by atoms with Gasteiger partial charge in [-0.2, -0.15) is 5.10 Å². The van der Waals surface area contributed by atoms with Crippen molar-refractivity contribution in [1.82, 2.24) is 9.99 Å². The fourth-order valence-electron chi connectivity index (χ4n) is 1.82. The zero-order valence-electron chi connectivity index (χ0n) is 11.4. The van der Waals surface area contributed by atoms with Crippen molar-refractivity contribution in [3.05, 3.63) is 64.0 Å². The minimum Gasteiger partial charge on any atom is -0.354 e. The van der Waals surface area contributed by atoms with E-state index >= 15 is 0 Å². The Kier molecular flexibility index (Phi) is 4.45. The van der Waals surface area contributed by atoms with Crippen molar-refractivity contribution in [3.8, 4) is 0 Å². The van der Waals surface area contributed by atoms with Crippen LogP contribution in [0.15, 0.2) is 47.7 Å². The summed E-state index contributed by atoms with van der Waals surface area (Å²) in [7, 11) is 1.85. The van der Waals surface area contributed by atoms with Gasteiger partial charge in [0.15, 0.2) is 0 Å². The minimum absolute atomic E-state index is 0.0575. The normalized spacial score (nSPS) is 10.7. The fourth-order valence-corrected chi connectivity index (χ4v) is 1.82. The number of amides is 1. The molecule has 1 aromatic heterocycles. The molecule has 0 radical (unpaired) electrons. The van der Waals surface area contributed by atoms with Crippen molar-refractivity contribution in [2.24, 2.45) is 12.1 Å². The highest BCUT2D eigenvalue weighted by Crippen LogP contribution is 2.14. The van der Waals surface area contributed by atoms with Gasteiger partial charge in [0.1, 0.15) is 0 Å². The molecular weight excluding hydrogens is 272 g/mol. The van der Waals surface area contributed by atoms with E-state index in [4.69, 9.17) is 0 Å². The highest BCUT2D eigenvalue weighted by Gasteiger charge is 2.10. The van der Waals surface area contributed by atoms with Crippen LogP contribution in [0.2, 0.25) is 0 Å². The lowest BCUT2D eigenvalue weighted by Gasteiger charge is -2.02. The van der Waals surface area contributed by atoms with Crippen LogP contribution in [-0.2, 0) is 18.3 Å². The molecule has 0 aliphatic carbocycles. The third-order valence-electron chi connectivity index (χ3n) is 2.92. The number of benzene rings is 1. The third-order valence-corrected chi connectivity index (χ3v) is 2.92. The molecule has 1 heterocycles. The summed E-state index contributed by atoms with van der Waals surface area (Å²) < 4.78 is 1.84. The van der Waals surface area contributed by atoms with Crippen LogP contribution in [0.1, 0.15) is 11.3 Å². The summed E-state index contributed by atoms with van der Waals surface area (Å²) in [6.45, 7) is 0. The number of nitro benzene ring substituents is 1. The van der Waals surface area contributed by atoms with E-state index < -0.39 is 4.92 Å². The first kappa shape index (κ1) is 14.4. The maximum atomic E-state index is 11.7. The monoisotopic (exact) mass is 286 g/mol. The SMILES string of the molecule is Cn1cccc1CC(=O)N/N=C/c1ccccc1[N+](=O)[O-]. The Hall–Kier alpha value is -2.96. The molecule has 0 spiro atoms. The number of nitro groups is 1. The van der Waals surface area contributed by atoms with Crippen molar-refractivity contribution in [1.29, 1.82) is 0 Å². The van der Waals surface area contributed by atoms with Crippen LogP contribution >= 0.6 is 0 Å². The summed E-state index contributed by atoms with van der Waals surface area (Å²) in [6.07, 6.45) is 3.30. The second-order valence-electron chi connectivity index (χ2n) is 4.40. The van der Waals surface area contributed by atoms with Crippen LogP contribution in [0.4, 0.5) is 5.69 Å². The van der Waals surface area contributed by atoms with E-state index in [1.54, 1.807) is 18.2 Å². The van der Waals surface area contributed by atoms with Gasteiger partial charge in [-0.3, -0.25) is 14.9 Å². The standard InChI is InChI=1S/C14H14N4O3/c1-17-8-4-6-12(17)9-14(19)16-15-10-11-5-2-3-7-13(11)18(20)21/h2-8,10H,9H2,1H3,(H,16,19)/b15-10+. The number of hydrogen-bond acceptors (Lipinski definition) is 4. The average molecular weight is 286 g/mol. The van der Waals surface area contributed by atoms with Crippen LogP contribution in [0.3, 0.4) is 0 Å². The number of nitrogens with one attached hydrogen (secondary N) is 1. The molecule has 0 aliphatic rings. The predicted molar refractivity (Wildman–Crippen MR) is 78.0 cm³/mol. The first-order valence-corrected chi connectivity index (χ1v) is 6.23. The summed E-state index contributed by atoms with van der Waals surface area (Å²) in [4.78, 5) is 22.0. The molecule has 0 fully saturated rings. The van der Waals surface area contributed by atoms with Crippen molar-refractivity contribution < 1.29 is 9.72 Å². The smallest absolute Gasteiger partial charge is 0.278 e. The lowest BCUT2D eigenvalue weighted by atomic mass is 10.2. The van der Waals surface area contributed by atoms with Gasteiger partial charge < -0.3 is 4.57 Å². The van der Waals surface area contributed by atoms with Crippen molar-refractivity contribution >= 4 is 17.8 Å². The number of hydrogen-bond donors (Lipinski definition) is 1. The van der Waals surface area contributed by atoms with E-state index in [2.05, 4.69) is 10.5 Å². The van der Waals surface area contributed by atoms with E-state index in [9.17, 15) is 14.9 Å². The molecule has 0 bridgehead atoms. The molecule has 21 heavy (non-hydrogen) atoms. The fraction of sp³-hybridized carbons (Fsp3) is 0.143. The second kappa shape index (κ2) is 6.47. The molecule has 0 saturated carbocycles. The molecule has 7 nitrogen and oxygen atoms in total. The third kappa shape index (κ3) is 3.75. The van der Waals surface area contributed by atoms with E-state index in [-0.39, 0.29) is 18.0 Å². The molecule has 0 unspecified atom stereocenters. The number of hydrazone groups is 1. The van der Waals surface area contributed by atoms with Gasteiger partial charge >= 0.3 is 0 Å². The summed E-state index contributed by atoms with van der Waals surface area (Å²) in [5.41, 5.74) is 3.49. The van der Waals surface area contributed by atoms with Gasteiger partial charge in [0.05, 0.1) is 23.1 Å². The number of aromatic nitrogens is 1. The van der Waals surface area contributed by atoms with E-state index in [0.29, 0.717) is 5.56 Å². The number of nitrogens with zero attached hydrogens (tertiary/aromatic N) is 3. The highest BCUT2D eigenvalue weighted by atomic mass is 16.6. The molecule has 1 aromatic carbocycles. The Bertz CT molecular complexity index is 691. The van der Waals surface area contributed by atoms with Gasteiger partial charge in [-0.25, -0.2) is 5.43 Å². The zero-order valence-corrected chi connectivity index (χ0v) is 11.4. The van der Waals surface area contributed by atoms with E-state index in [1.165, 1.54) is 12.3 Å². The molecule has 1 N–H and O–H groups in total. The summed E-state index contributed by atoms with van der Waals surface area (Å²) >= 11 is 0. The van der Waals surface area contributed by atoms with E-state index in [1.807, 2.05) is 29.9 Å². The Labute approximate surface area is 121 Å². The Morgan fingerprint density at radius 3 is 2.81 bits per heavy atom. The van der Waals surface area contributed by atoms with Crippen LogP contribution in [0, 0.1) is 10.1 Å². The highest BCUT2D eigenvalue weighted by molar-refractivity contribution is 5.86. The quantitative estimate of drug-likeness (QED) is 0.514. The Morgan fingerprint density at radius 2 is 2.14 bits per heavy atom. The van der Waals surface area contributed by atoms with Crippen molar-refractivity contribution in [2.45, 2.75) is 6.42 Å². The molecule has 1 amide bonds. The number of aryl methyl sites for hydroxylation is 1. The number of carbonyl (C=O) groups is 1. The van der Waals surface area contributed by atoms with E-state index in [0.717, 1.165) is 5.69 Å². The predicted octanol–water partition coefficient (Wildman–Crippen LogP) is 1.63. The maximum Gasteiger partial charge on any atom is 0.278 e. The van der Waals surface area contributed by atoms with Crippen LogP contribution in [0.5, 0.6) is 0 Å². The van der Waals surface area contributed by atoms with Gasteiger partial charge in [-0.15, -0.1) is 0 Å². The van der Waals surface area contributed by atoms with Crippen LogP contribution in [-0.4, -0.2) is 21.6 Å². The van der Waals surface area contributed by atoms with Gasteiger partial charge in [0.25, 0.3) is 5.69 Å². The van der Waals surface area contributed by atoms with Crippen LogP contribution < -0.4 is 5.43 Å². The molecular formula is C14H14N4O3. The lowest BCUT2D eigenvalue weighted by Crippen LogP contribution is -2.20. The van der Waals surface area contributed by atoms with Crippen molar-refractivity contribution in [2.75, 3.05) is 0 Å². The Balaban J connectivity index is 1.98. The maximum absolute atomic E-state index is 11.7. The molecule has 0 atom stereocenters. The summed E-state index contributed by atoms with van der Waals surface area (Å²) in [5, 5.41) is 14.6. The number of para-hydroxylation sites is 1. The minimum atomic E-state index is -0.493. The van der Waals surface area contributed by atoms with Crippen LogP contribution in [0.25, 0.3) is 0 Å². The molecule has 108 valence electrons. The number of rotatable bonds is 5. The lowest BCUT2D eigenvalue weighted by molar-refractivity contribution is -0.385. The van der Waals surface area contributed by atoms with Gasteiger partial charge in [-0.05, 0) is 18.2 Å². The average Bonchev–Trinajstić information content (AvgIpc) is 2.84. The van der Waals surface area contributed by atoms with Gasteiger partial charge in [0.2, 0.25) is 5.91 Å². The largest absolute Gasteiger partial charge is 0.354 e. The molecule has 7 heteroatoms. The topological polar surface area (TPSA) is 89.5 Å². The second-order valence-corrected chi connectivity index (χ2v) is 4.40. The van der Waals surface area contributed by atoms with Gasteiger partial charge in [0, 0.05) is 25.0 Å². The first-order chi connectivity index (χ1) is 10.1. The van der Waals surface area contributed by atoms with Gasteiger partial charge in [-0.1, -0.05) is 12.1 Å². The zero-order chi connectivity index (χ0) is 15.2. The molecule has 0 saturated heterocycles. The summed E-state index contributed by atoms with van der Waals surface area (Å²) in [6, 6.07) is 9.87. The summed E-state index contributed by atoms with van der Waals surface area (Å²) in [5.74, 6) is -0.286. The molecule has 2 aromatic rings. The molecule has 2 rings (SSSR count).